The molecule has 0 aliphatic heterocycles. The Morgan fingerprint density at radius 2 is 1.81 bits per heavy atom. The standard InChI is InChI=1S/C21H21N3O3/c1-15-22-11-10-20(23-15)21(25)24-18-5-3-4-17(12-18)14-27-13-16-6-8-19(26-2)9-7-16/h3-12H,13-14H2,1-2H3,(H,24,25). The molecule has 0 unspecified atom stereocenters. The van der Waals surface area contributed by atoms with E-state index in [4.69, 9.17) is 9.47 Å². The molecule has 0 saturated heterocycles. The van der Waals surface area contributed by atoms with Crippen LogP contribution in [0.4, 0.5) is 5.69 Å². The molecule has 0 fully saturated rings. The third-order valence-electron chi connectivity index (χ3n) is 3.89. The predicted molar refractivity (Wildman–Crippen MR) is 103 cm³/mol. The van der Waals surface area contributed by atoms with Crippen LogP contribution in [0.2, 0.25) is 0 Å². The zero-order valence-corrected chi connectivity index (χ0v) is 15.3. The minimum atomic E-state index is -0.267. The summed E-state index contributed by atoms with van der Waals surface area (Å²) in [5.41, 5.74) is 3.07. The number of hydrogen-bond acceptors (Lipinski definition) is 5. The van der Waals surface area contributed by atoms with Crippen molar-refractivity contribution in [1.29, 1.82) is 0 Å². The summed E-state index contributed by atoms with van der Waals surface area (Å²) >= 11 is 0. The number of aryl methyl sites for hydroxylation is 1. The molecule has 0 aliphatic carbocycles. The molecule has 0 radical (unpaired) electrons. The summed E-state index contributed by atoms with van der Waals surface area (Å²) in [6.07, 6.45) is 1.57. The van der Waals surface area contributed by atoms with Crippen LogP contribution in [0.1, 0.15) is 27.4 Å². The van der Waals surface area contributed by atoms with Crippen molar-refractivity contribution in [3.8, 4) is 5.75 Å². The summed E-state index contributed by atoms with van der Waals surface area (Å²) in [7, 11) is 1.64. The Bertz CT molecular complexity index is 911. The molecule has 0 bridgehead atoms. The first kappa shape index (κ1) is 18.5. The molecule has 2 aromatic carbocycles. The van der Waals surface area contributed by atoms with E-state index >= 15 is 0 Å². The highest BCUT2D eigenvalue weighted by Gasteiger charge is 2.08. The highest BCUT2D eigenvalue weighted by molar-refractivity contribution is 6.02. The van der Waals surface area contributed by atoms with E-state index in [9.17, 15) is 4.79 Å². The van der Waals surface area contributed by atoms with E-state index in [0.717, 1.165) is 16.9 Å². The zero-order chi connectivity index (χ0) is 19.1. The van der Waals surface area contributed by atoms with Gasteiger partial charge in [0.2, 0.25) is 0 Å². The third-order valence-corrected chi connectivity index (χ3v) is 3.89. The number of ether oxygens (including phenoxy) is 2. The number of hydrogen-bond donors (Lipinski definition) is 1. The van der Waals surface area contributed by atoms with Crippen LogP contribution in [0.15, 0.2) is 60.8 Å². The van der Waals surface area contributed by atoms with Gasteiger partial charge in [0.1, 0.15) is 17.3 Å². The molecule has 0 aliphatic rings. The highest BCUT2D eigenvalue weighted by Crippen LogP contribution is 2.15. The summed E-state index contributed by atoms with van der Waals surface area (Å²) in [5, 5.41) is 2.85. The fourth-order valence-electron chi connectivity index (χ4n) is 2.53. The van der Waals surface area contributed by atoms with E-state index in [2.05, 4.69) is 15.3 Å². The quantitative estimate of drug-likeness (QED) is 0.692. The zero-order valence-electron chi connectivity index (χ0n) is 15.3. The molecule has 3 rings (SSSR count). The van der Waals surface area contributed by atoms with Crippen LogP contribution in [0.3, 0.4) is 0 Å². The van der Waals surface area contributed by atoms with E-state index in [1.165, 1.54) is 0 Å². The van der Waals surface area contributed by atoms with Gasteiger partial charge in [-0.1, -0.05) is 24.3 Å². The van der Waals surface area contributed by atoms with Crippen LogP contribution >= 0.6 is 0 Å². The second-order valence-electron chi connectivity index (χ2n) is 5.98. The average molecular weight is 363 g/mol. The Morgan fingerprint density at radius 1 is 1.04 bits per heavy atom. The second-order valence-corrected chi connectivity index (χ2v) is 5.98. The van der Waals surface area contributed by atoms with Crippen molar-refractivity contribution in [1.82, 2.24) is 9.97 Å². The van der Waals surface area contributed by atoms with Crippen LogP contribution < -0.4 is 10.1 Å². The number of nitrogens with one attached hydrogen (secondary N) is 1. The number of aromatic nitrogens is 2. The number of methoxy groups -OCH3 is 1. The topological polar surface area (TPSA) is 73.3 Å². The van der Waals surface area contributed by atoms with E-state index in [1.807, 2.05) is 48.5 Å². The van der Waals surface area contributed by atoms with E-state index in [0.29, 0.717) is 30.4 Å². The normalized spacial score (nSPS) is 10.4. The molecule has 1 aromatic heterocycles. The summed E-state index contributed by atoms with van der Waals surface area (Å²) in [6.45, 7) is 2.70. The van der Waals surface area contributed by atoms with Gasteiger partial charge >= 0.3 is 0 Å². The van der Waals surface area contributed by atoms with Crippen molar-refractivity contribution < 1.29 is 14.3 Å². The van der Waals surface area contributed by atoms with Crippen LogP contribution in [0.5, 0.6) is 5.75 Å². The Kier molecular flexibility index (Phi) is 6.12. The molecule has 0 spiro atoms. The molecule has 138 valence electrons. The van der Waals surface area contributed by atoms with Gasteiger partial charge in [0, 0.05) is 11.9 Å². The van der Waals surface area contributed by atoms with Gasteiger partial charge in [0.05, 0.1) is 20.3 Å². The summed E-state index contributed by atoms with van der Waals surface area (Å²) < 4.78 is 10.9. The molecular weight excluding hydrogens is 342 g/mol. The van der Waals surface area contributed by atoms with Gasteiger partial charge in [-0.15, -0.1) is 0 Å². The largest absolute Gasteiger partial charge is 0.497 e. The van der Waals surface area contributed by atoms with Gasteiger partial charge in [-0.05, 0) is 48.4 Å². The van der Waals surface area contributed by atoms with Gasteiger partial charge in [-0.3, -0.25) is 4.79 Å². The van der Waals surface area contributed by atoms with Crippen molar-refractivity contribution in [3.63, 3.8) is 0 Å². The molecule has 1 amide bonds. The Hall–Kier alpha value is -3.25. The van der Waals surface area contributed by atoms with Gasteiger partial charge in [0.25, 0.3) is 5.91 Å². The van der Waals surface area contributed by atoms with Crippen LogP contribution in [-0.4, -0.2) is 23.0 Å². The minimum absolute atomic E-state index is 0.267. The molecule has 0 atom stereocenters. The lowest BCUT2D eigenvalue weighted by Crippen LogP contribution is -2.14. The number of nitrogens with zero attached hydrogens (tertiary/aromatic N) is 2. The number of carbonyl (C=O) groups excluding carboxylic acids is 1. The van der Waals surface area contributed by atoms with Crippen LogP contribution in [0.25, 0.3) is 0 Å². The van der Waals surface area contributed by atoms with Crippen molar-refractivity contribution in [2.75, 3.05) is 12.4 Å². The molecule has 6 nitrogen and oxygen atoms in total. The Balaban J connectivity index is 1.55. The Labute approximate surface area is 158 Å². The van der Waals surface area contributed by atoms with Crippen molar-refractivity contribution in [2.45, 2.75) is 20.1 Å². The van der Waals surface area contributed by atoms with E-state index in [1.54, 1.807) is 26.3 Å². The fraction of sp³-hybridized carbons (Fsp3) is 0.190. The molecule has 3 aromatic rings. The van der Waals surface area contributed by atoms with Crippen LogP contribution in [0, 0.1) is 6.92 Å². The molecule has 6 heteroatoms. The van der Waals surface area contributed by atoms with Gasteiger partial charge in [0.15, 0.2) is 0 Å². The molecule has 0 saturated carbocycles. The highest BCUT2D eigenvalue weighted by atomic mass is 16.5. The molecule has 1 heterocycles. The van der Waals surface area contributed by atoms with Crippen molar-refractivity contribution in [3.05, 3.63) is 83.4 Å². The second kappa shape index (κ2) is 8.91. The monoisotopic (exact) mass is 363 g/mol. The minimum Gasteiger partial charge on any atom is -0.497 e. The molecule has 27 heavy (non-hydrogen) atoms. The van der Waals surface area contributed by atoms with E-state index < -0.39 is 0 Å². The lowest BCUT2D eigenvalue weighted by molar-refractivity contribution is 0.102. The smallest absolute Gasteiger partial charge is 0.274 e. The number of carbonyl (C=O) groups is 1. The van der Waals surface area contributed by atoms with Crippen LogP contribution in [-0.2, 0) is 18.0 Å². The Morgan fingerprint density at radius 3 is 2.56 bits per heavy atom. The SMILES string of the molecule is COc1ccc(COCc2cccc(NC(=O)c3ccnc(C)n3)c2)cc1. The summed E-state index contributed by atoms with van der Waals surface area (Å²) in [5.74, 6) is 1.11. The summed E-state index contributed by atoms with van der Waals surface area (Å²) in [4.78, 5) is 20.4. The molecule has 1 N–H and O–H groups in total. The van der Waals surface area contributed by atoms with E-state index in [-0.39, 0.29) is 5.91 Å². The summed E-state index contributed by atoms with van der Waals surface area (Å²) in [6, 6.07) is 16.9. The number of benzene rings is 2. The maximum atomic E-state index is 12.3. The first-order valence-electron chi connectivity index (χ1n) is 8.54. The van der Waals surface area contributed by atoms with Gasteiger partial charge < -0.3 is 14.8 Å². The number of amides is 1. The third kappa shape index (κ3) is 5.36. The lowest BCUT2D eigenvalue weighted by Gasteiger charge is -2.09. The lowest BCUT2D eigenvalue weighted by atomic mass is 10.2. The van der Waals surface area contributed by atoms with Gasteiger partial charge in [-0.25, -0.2) is 9.97 Å². The first-order valence-corrected chi connectivity index (χ1v) is 8.54. The van der Waals surface area contributed by atoms with Gasteiger partial charge in [-0.2, -0.15) is 0 Å². The first-order chi connectivity index (χ1) is 13.1. The molecular formula is C21H21N3O3. The van der Waals surface area contributed by atoms with Crippen molar-refractivity contribution >= 4 is 11.6 Å². The maximum Gasteiger partial charge on any atom is 0.274 e. The fourth-order valence-corrected chi connectivity index (χ4v) is 2.53. The number of rotatable bonds is 7. The van der Waals surface area contributed by atoms with Crippen molar-refractivity contribution in [2.24, 2.45) is 0 Å². The number of anilines is 1. The predicted octanol–water partition coefficient (Wildman–Crippen LogP) is 3.76. The average Bonchev–Trinajstić information content (AvgIpc) is 2.69. The maximum absolute atomic E-state index is 12.3.